The molecule has 2 heterocycles. The van der Waals surface area contributed by atoms with E-state index >= 15 is 0 Å². The Balaban J connectivity index is 1.86. The van der Waals surface area contributed by atoms with Crippen molar-refractivity contribution < 1.29 is 4.74 Å². The molecule has 0 unspecified atom stereocenters. The van der Waals surface area contributed by atoms with Crippen LogP contribution in [0.25, 0.3) is 26.6 Å². The Kier molecular flexibility index (Phi) is 4.48. The molecule has 0 amide bonds. The third-order valence-electron chi connectivity index (χ3n) is 4.33. The number of hydrogen-bond donors (Lipinski definition) is 1. The molecule has 1 N–H and O–H groups in total. The summed E-state index contributed by atoms with van der Waals surface area (Å²) in [5.41, 5.74) is 2.83. The number of para-hydroxylation sites is 1. The second-order valence-electron chi connectivity index (χ2n) is 5.96. The van der Waals surface area contributed by atoms with Crippen LogP contribution in [0, 0.1) is 11.3 Å². The maximum absolute atomic E-state index is 13.0. The fraction of sp³-hybridized carbons (Fsp3) is 0.150. The molecule has 7 heteroatoms. The predicted molar refractivity (Wildman–Crippen MR) is 105 cm³/mol. The van der Waals surface area contributed by atoms with Crippen molar-refractivity contribution in [2.24, 2.45) is 0 Å². The third-order valence-corrected chi connectivity index (χ3v) is 5.35. The summed E-state index contributed by atoms with van der Waals surface area (Å²) in [7, 11) is 1.61. The summed E-state index contributed by atoms with van der Waals surface area (Å²) in [5.74, 6) is 0.741. The van der Waals surface area contributed by atoms with Crippen LogP contribution in [0.4, 0.5) is 0 Å². The SMILES string of the molecule is COc1ccc(-c2[nH]n(-c3nc4ccccc4s3)c(=O)c2CCC#N)cc1. The van der Waals surface area contributed by atoms with E-state index in [0.717, 1.165) is 21.5 Å². The number of thiazole rings is 1. The van der Waals surface area contributed by atoms with Gasteiger partial charge in [-0.05, 0) is 42.8 Å². The van der Waals surface area contributed by atoms with Crippen LogP contribution in [0.5, 0.6) is 5.75 Å². The molecule has 0 spiro atoms. The van der Waals surface area contributed by atoms with Crippen molar-refractivity contribution in [2.75, 3.05) is 7.11 Å². The first-order valence-electron chi connectivity index (χ1n) is 8.42. The number of H-pyrrole nitrogens is 1. The predicted octanol–water partition coefficient (Wildman–Crippen LogP) is 3.91. The molecule has 0 fully saturated rings. The molecule has 27 heavy (non-hydrogen) atoms. The molecule has 0 aliphatic heterocycles. The summed E-state index contributed by atoms with van der Waals surface area (Å²) in [4.78, 5) is 17.6. The van der Waals surface area contributed by atoms with Crippen LogP contribution in [0.3, 0.4) is 0 Å². The normalized spacial score (nSPS) is 10.8. The van der Waals surface area contributed by atoms with Crippen LogP contribution >= 0.6 is 11.3 Å². The summed E-state index contributed by atoms with van der Waals surface area (Å²) >= 11 is 1.45. The van der Waals surface area contributed by atoms with Crippen LogP contribution in [0.15, 0.2) is 53.3 Å². The second-order valence-corrected chi connectivity index (χ2v) is 6.97. The molecule has 134 valence electrons. The second kappa shape index (κ2) is 7.09. The summed E-state index contributed by atoms with van der Waals surface area (Å²) in [5, 5.41) is 12.7. The van der Waals surface area contributed by atoms with E-state index in [4.69, 9.17) is 10.00 Å². The molecule has 2 aromatic carbocycles. The summed E-state index contributed by atoms with van der Waals surface area (Å²) in [6.07, 6.45) is 0.654. The molecule has 2 aromatic heterocycles. The molecular formula is C20H16N4O2S. The van der Waals surface area contributed by atoms with Crippen molar-refractivity contribution in [1.29, 1.82) is 5.26 Å². The number of aromatic nitrogens is 3. The lowest BCUT2D eigenvalue weighted by molar-refractivity contribution is 0.415. The van der Waals surface area contributed by atoms with E-state index in [1.165, 1.54) is 16.0 Å². The van der Waals surface area contributed by atoms with Gasteiger partial charge in [-0.2, -0.15) is 9.94 Å². The Morgan fingerprint density at radius 3 is 2.70 bits per heavy atom. The van der Waals surface area contributed by atoms with Gasteiger partial charge in [-0.25, -0.2) is 4.98 Å². The molecule has 6 nitrogen and oxygen atoms in total. The number of nitrogens with zero attached hydrogens (tertiary/aromatic N) is 3. The monoisotopic (exact) mass is 376 g/mol. The van der Waals surface area contributed by atoms with Gasteiger partial charge in [0, 0.05) is 17.5 Å². The maximum atomic E-state index is 13.0. The number of aromatic amines is 1. The molecule has 4 aromatic rings. The highest BCUT2D eigenvalue weighted by molar-refractivity contribution is 7.20. The highest BCUT2D eigenvalue weighted by Gasteiger charge is 2.18. The minimum absolute atomic E-state index is 0.171. The Hall–Kier alpha value is -3.37. The molecule has 0 saturated heterocycles. The van der Waals surface area contributed by atoms with Crippen molar-refractivity contribution >= 4 is 21.6 Å². The lowest BCUT2D eigenvalue weighted by Crippen LogP contribution is -2.17. The topological polar surface area (TPSA) is 83.7 Å². The standard InChI is InChI=1S/C20H16N4O2S/c1-26-14-10-8-13(9-11-14)18-15(5-4-12-21)19(25)24(23-18)20-22-16-6-2-3-7-17(16)27-20/h2-3,6-11,23H,4-5H2,1H3. The number of methoxy groups -OCH3 is 1. The fourth-order valence-electron chi connectivity index (χ4n) is 2.97. The Morgan fingerprint density at radius 2 is 2.00 bits per heavy atom. The van der Waals surface area contributed by atoms with E-state index in [1.54, 1.807) is 7.11 Å². The van der Waals surface area contributed by atoms with Crippen LogP contribution in [-0.4, -0.2) is 21.9 Å². The molecule has 0 aliphatic rings. The van der Waals surface area contributed by atoms with E-state index in [9.17, 15) is 4.79 Å². The van der Waals surface area contributed by atoms with Crippen molar-refractivity contribution in [3.63, 3.8) is 0 Å². The van der Waals surface area contributed by atoms with E-state index in [0.29, 0.717) is 22.8 Å². The number of nitrogens with one attached hydrogen (secondary N) is 1. The molecule has 0 bridgehead atoms. The van der Waals surface area contributed by atoms with E-state index in [2.05, 4.69) is 16.2 Å². The number of ether oxygens (including phenoxy) is 1. The number of rotatable bonds is 5. The van der Waals surface area contributed by atoms with Crippen molar-refractivity contribution in [2.45, 2.75) is 12.8 Å². The molecule has 0 atom stereocenters. The lowest BCUT2D eigenvalue weighted by Gasteiger charge is -2.03. The van der Waals surface area contributed by atoms with Gasteiger partial charge in [-0.3, -0.25) is 9.89 Å². The van der Waals surface area contributed by atoms with Crippen LogP contribution < -0.4 is 10.3 Å². The highest BCUT2D eigenvalue weighted by Crippen LogP contribution is 2.27. The Morgan fingerprint density at radius 1 is 1.22 bits per heavy atom. The van der Waals surface area contributed by atoms with Crippen molar-refractivity contribution in [3.8, 4) is 28.2 Å². The number of benzene rings is 2. The molecule has 0 aliphatic carbocycles. The largest absolute Gasteiger partial charge is 0.497 e. The third kappa shape index (κ3) is 3.11. The van der Waals surface area contributed by atoms with Crippen LogP contribution in [0.2, 0.25) is 0 Å². The summed E-state index contributed by atoms with van der Waals surface area (Å²) in [6.45, 7) is 0. The zero-order chi connectivity index (χ0) is 18.8. The van der Waals surface area contributed by atoms with Crippen LogP contribution in [-0.2, 0) is 6.42 Å². The smallest absolute Gasteiger partial charge is 0.277 e. The van der Waals surface area contributed by atoms with E-state index < -0.39 is 0 Å². The fourth-order valence-corrected chi connectivity index (χ4v) is 3.90. The zero-order valence-corrected chi connectivity index (χ0v) is 15.4. The van der Waals surface area contributed by atoms with E-state index in [-0.39, 0.29) is 12.0 Å². The van der Waals surface area contributed by atoms with Gasteiger partial charge in [0.1, 0.15) is 5.75 Å². The number of fused-ring (bicyclic) bond motifs is 1. The first-order valence-corrected chi connectivity index (χ1v) is 9.24. The van der Waals surface area contributed by atoms with Gasteiger partial charge in [0.2, 0.25) is 5.13 Å². The minimum atomic E-state index is -0.171. The van der Waals surface area contributed by atoms with Gasteiger partial charge in [-0.15, -0.1) is 0 Å². The first kappa shape index (κ1) is 17.1. The maximum Gasteiger partial charge on any atom is 0.277 e. The lowest BCUT2D eigenvalue weighted by atomic mass is 10.0. The first-order chi connectivity index (χ1) is 13.2. The average Bonchev–Trinajstić information content (AvgIpc) is 3.27. The minimum Gasteiger partial charge on any atom is -0.497 e. The number of nitriles is 1. The summed E-state index contributed by atoms with van der Waals surface area (Å²) in [6, 6.07) is 17.4. The Bertz CT molecular complexity index is 1160. The van der Waals surface area contributed by atoms with Gasteiger partial charge >= 0.3 is 0 Å². The van der Waals surface area contributed by atoms with Gasteiger partial charge in [0.25, 0.3) is 5.56 Å². The molecule has 4 rings (SSSR count). The van der Waals surface area contributed by atoms with Crippen LogP contribution in [0.1, 0.15) is 12.0 Å². The molecule has 0 radical (unpaired) electrons. The highest BCUT2D eigenvalue weighted by atomic mass is 32.1. The van der Waals surface area contributed by atoms with Crippen molar-refractivity contribution in [1.82, 2.24) is 14.8 Å². The van der Waals surface area contributed by atoms with Gasteiger partial charge in [-0.1, -0.05) is 23.5 Å². The summed E-state index contributed by atoms with van der Waals surface area (Å²) < 4.78 is 7.69. The number of hydrogen-bond acceptors (Lipinski definition) is 5. The quantitative estimate of drug-likeness (QED) is 0.572. The Labute approximate surface area is 159 Å². The zero-order valence-electron chi connectivity index (χ0n) is 14.6. The van der Waals surface area contributed by atoms with Gasteiger partial charge in [0.05, 0.1) is 29.1 Å². The molecular weight excluding hydrogens is 360 g/mol. The van der Waals surface area contributed by atoms with E-state index in [1.807, 2.05) is 48.5 Å². The van der Waals surface area contributed by atoms with Gasteiger partial charge in [0.15, 0.2) is 0 Å². The molecule has 0 saturated carbocycles. The van der Waals surface area contributed by atoms with Crippen molar-refractivity contribution in [3.05, 3.63) is 64.4 Å². The van der Waals surface area contributed by atoms with Gasteiger partial charge < -0.3 is 4.74 Å². The average molecular weight is 376 g/mol.